The van der Waals surface area contributed by atoms with Gasteiger partial charge in [-0.15, -0.1) is 0 Å². The molecule has 0 atom stereocenters. The third-order valence-corrected chi connectivity index (χ3v) is 4.16. The smallest absolute Gasteiger partial charge is 0.341 e. The van der Waals surface area contributed by atoms with Crippen molar-refractivity contribution in [3.8, 4) is 0 Å². The summed E-state index contributed by atoms with van der Waals surface area (Å²) in [7, 11) is 0. The van der Waals surface area contributed by atoms with Gasteiger partial charge in [0.1, 0.15) is 5.56 Å². The van der Waals surface area contributed by atoms with Crippen LogP contribution in [-0.2, 0) is 4.74 Å². The van der Waals surface area contributed by atoms with E-state index in [-0.39, 0.29) is 5.97 Å². The lowest BCUT2D eigenvalue weighted by atomic mass is 10.1. The lowest BCUT2D eigenvalue weighted by molar-refractivity contribution is 0.0527. The van der Waals surface area contributed by atoms with Gasteiger partial charge in [0, 0.05) is 18.9 Å². The molecule has 0 saturated carbocycles. The van der Waals surface area contributed by atoms with E-state index in [2.05, 4.69) is 22.3 Å². The second kappa shape index (κ2) is 8.98. The minimum Gasteiger partial charge on any atom is -0.462 e. The Morgan fingerprint density at radius 3 is 2.78 bits per heavy atom. The van der Waals surface area contributed by atoms with Crippen LogP contribution in [0.5, 0.6) is 0 Å². The number of esters is 1. The number of aromatic nitrogens is 3. The minimum absolute atomic E-state index is 0.324. The summed E-state index contributed by atoms with van der Waals surface area (Å²) in [6.07, 6.45) is 9.20. The van der Waals surface area contributed by atoms with E-state index in [0.29, 0.717) is 17.8 Å². The minimum atomic E-state index is -0.376. The van der Waals surface area contributed by atoms with Crippen LogP contribution in [0.1, 0.15) is 42.6 Å². The molecular formula is C21H24N4O2. The molecular weight excluding hydrogens is 340 g/mol. The van der Waals surface area contributed by atoms with Crippen LogP contribution in [0.4, 0.5) is 5.69 Å². The number of ether oxygens (including phenoxy) is 1. The molecule has 0 aliphatic heterocycles. The summed E-state index contributed by atoms with van der Waals surface area (Å²) in [5, 5.41) is 8.59. The second-order valence-electron chi connectivity index (χ2n) is 6.10. The number of benzene rings is 1. The number of rotatable bonds is 8. The topological polar surface area (TPSA) is 69.0 Å². The van der Waals surface area contributed by atoms with Crippen molar-refractivity contribution in [1.29, 1.82) is 0 Å². The molecule has 27 heavy (non-hydrogen) atoms. The van der Waals surface area contributed by atoms with Crippen LogP contribution in [0.25, 0.3) is 23.3 Å². The molecule has 6 nitrogen and oxygen atoms in total. The Bertz CT molecular complexity index is 932. The second-order valence-corrected chi connectivity index (χ2v) is 6.10. The summed E-state index contributed by atoms with van der Waals surface area (Å²) in [4.78, 5) is 16.8. The van der Waals surface area contributed by atoms with Crippen LogP contribution in [0, 0.1) is 0 Å². The number of carbonyl (C=O) groups is 1. The number of hydrogen-bond donors (Lipinski definition) is 1. The Balaban J connectivity index is 1.98. The average molecular weight is 364 g/mol. The Hall–Kier alpha value is -3.15. The molecule has 0 amide bonds. The van der Waals surface area contributed by atoms with Gasteiger partial charge in [-0.3, -0.25) is 0 Å². The van der Waals surface area contributed by atoms with Crippen molar-refractivity contribution in [2.75, 3.05) is 18.5 Å². The maximum absolute atomic E-state index is 12.3. The van der Waals surface area contributed by atoms with Crippen LogP contribution in [-0.4, -0.2) is 33.9 Å². The van der Waals surface area contributed by atoms with E-state index in [0.717, 1.165) is 36.0 Å². The first-order valence-electron chi connectivity index (χ1n) is 9.25. The molecule has 0 spiro atoms. The number of hydrogen-bond acceptors (Lipinski definition) is 5. The fourth-order valence-corrected chi connectivity index (χ4v) is 2.77. The average Bonchev–Trinajstić information content (AvgIpc) is 3.11. The van der Waals surface area contributed by atoms with E-state index < -0.39 is 0 Å². The quantitative estimate of drug-likeness (QED) is 0.472. The van der Waals surface area contributed by atoms with E-state index in [1.807, 2.05) is 42.6 Å². The zero-order chi connectivity index (χ0) is 19.1. The maximum atomic E-state index is 12.3. The molecule has 6 heteroatoms. The molecule has 0 bridgehead atoms. The molecule has 0 saturated heterocycles. The Kier molecular flexibility index (Phi) is 6.20. The molecule has 0 aliphatic carbocycles. The summed E-state index contributed by atoms with van der Waals surface area (Å²) in [6.45, 7) is 5.01. The van der Waals surface area contributed by atoms with Gasteiger partial charge in [-0.25, -0.2) is 14.5 Å². The summed E-state index contributed by atoms with van der Waals surface area (Å²) >= 11 is 0. The maximum Gasteiger partial charge on any atom is 0.341 e. The van der Waals surface area contributed by atoms with Crippen molar-refractivity contribution >= 4 is 35.0 Å². The third kappa shape index (κ3) is 4.34. The first-order chi connectivity index (χ1) is 13.2. The predicted molar refractivity (Wildman–Crippen MR) is 109 cm³/mol. The van der Waals surface area contributed by atoms with Crippen molar-refractivity contribution in [3.05, 3.63) is 53.9 Å². The van der Waals surface area contributed by atoms with Gasteiger partial charge in [-0.05, 0) is 25.0 Å². The number of nitrogens with one attached hydrogen (secondary N) is 1. The molecule has 0 radical (unpaired) electrons. The highest BCUT2D eigenvalue weighted by atomic mass is 16.5. The number of fused-ring (bicyclic) bond motifs is 1. The first kappa shape index (κ1) is 18.6. The van der Waals surface area contributed by atoms with E-state index in [9.17, 15) is 4.79 Å². The van der Waals surface area contributed by atoms with Crippen LogP contribution in [0.15, 0.2) is 42.7 Å². The molecule has 2 aromatic heterocycles. The Labute approximate surface area is 158 Å². The van der Waals surface area contributed by atoms with Crippen LogP contribution in [0.2, 0.25) is 0 Å². The zero-order valence-corrected chi connectivity index (χ0v) is 15.7. The molecule has 3 rings (SSSR count). The highest BCUT2D eigenvalue weighted by molar-refractivity contribution is 6.04. The lowest BCUT2D eigenvalue weighted by Crippen LogP contribution is -2.12. The number of unbranched alkanes of at least 4 members (excludes halogenated alkanes) is 1. The molecule has 1 aromatic carbocycles. The fraction of sp³-hybridized carbons (Fsp3) is 0.286. The van der Waals surface area contributed by atoms with E-state index >= 15 is 0 Å². The normalized spacial score (nSPS) is 11.2. The van der Waals surface area contributed by atoms with Gasteiger partial charge < -0.3 is 10.1 Å². The van der Waals surface area contributed by atoms with Gasteiger partial charge in [0.05, 0.1) is 23.9 Å². The summed E-state index contributed by atoms with van der Waals surface area (Å²) in [5.74, 6) is -0.376. The van der Waals surface area contributed by atoms with Gasteiger partial charge >= 0.3 is 5.97 Å². The fourth-order valence-electron chi connectivity index (χ4n) is 2.77. The van der Waals surface area contributed by atoms with Gasteiger partial charge in [0.15, 0.2) is 5.65 Å². The number of carbonyl (C=O) groups excluding carboxylic acids is 1. The van der Waals surface area contributed by atoms with E-state index in [1.54, 1.807) is 24.0 Å². The SMILES string of the molecule is CCCCNc1c(C(=O)OCC)cnc2c1cnn2/C=C/c1ccccc1. The number of nitrogens with zero attached hydrogens (tertiary/aromatic N) is 3. The highest BCUT2D eigenvalue weighted by Crippen LogP contribution is 2.27. The Morgan fingerprint density at radius 1 is 1.22 bits per heavy atom. The standard InChI is InChI=1S/C21H24N4O2/c1-3-5-12-22-19-17-15-24-25(13-11-16-9-7-6-8-10-16)20(17)23-14-18(19)21(26)27-4-2/h6-11,13-15H,3-5,12H2,1-2H3,(H,22,23)/b13-11+. The van der Waals surface area contributed by atoms with Crippen molar-refractivity contribution in [2.45, 2.75) is 26.7 Å². The number of anilines is 1. The Morgan fingerprint density at radius 2 is 2.04 bits per heavy atom. The van der Waals surface area contributed by atoms with Crippen LogP contribution in [0.3, 0.4) is 0 Å². The molecule has 2 heterocycles. The summed E-state index contributed by atoms with van der Waals surface area (Å²) in [5.41, 5.74) is 2.93. The van der Waals surface area contributed by atoms with E-state index in [1.165, 1.54) is 0 Å². The summed E-state index contributed by atoms with van der Waals surface area (Å²) < 4.78 is 6.89. The van der Waals surface area contributed by atoms with Crippen LogP contribution >= 0.6 is 0 Å². The zero-order valence-electron chi connectivity index (χ0n) is 15.7. The van der Waals surface area contributed by atoms with Gasteiger partial charge in [0.2, 0.25) is 0 Å². The molecule has 140 valence electrons. The largest absolute Gasteiger partial charge is 0.462 e. The number of pyridine rings is 1. The first-order valence-corrected chi connectivity index (χ1v) is 9.25. The molecule has 0 aliphatic rings. The van der Waals surface area contributed by atoms with E-state index in [4.69, 9.17) is 4.74 Å². The van der Waals surface area contributed by atoms with Gasteiger partial charge in [-0.2, -0.15) is 5.10 Å². The van der Waals surface area contributed by atoms with Crippen molar-refractivity contribution in [2.24, 2.45) is 0 Å². The lowest BCUT2D eigenvalue weighted by Gasteiger charge is -2.12. The van der Waals surface area contributed by atoms with Gasteiger partial charge in [-0.1, -0.05) is 43.7 Å². The van der Waals surface area contributed by atoms with Crippen LogP contribution < -0.4 is 5.32 Å². The van der Waals surface area contributed by atoms with Crippen molar-refractivity contribution < 1.29 is 9.53 Å². The molecule has 1 N–H and O–H groups in total. The molecule has 0 unspecified atom stereocenters. The monoisotopic (exact) mass is 364 g/mol. The third-order valence-electron chi connectivity index (χ3n) is 4.16. The highest BCUT2D eigenvalue weighted by Gasteiger charge is 2.18. The predicted octanol–water partition coefficient (Wildman–Crippen LogP) is 4.45. The molecule has 3 aromatic rings. The van der Waals surface area contributed by atoms with Gasteiger partial charge in [0.25, 0.3) is 0 Å². The molecule has 0 fully saturated rings. The summed E-state index contributed by atoms with van der Waals surface area (Å²) in [6, 6.07) is 9.99. The van der Waals surface area contributed by atoms with Crippen molar-refractivity contribution in [3.63, 3.8) is 0 Å². The van der Waals surface area contributed by atoms with Crippen molar-refractivity contribution in [1.82, 2.24) is 14.8 Å².